The number of para-hydroxylation sites is 2. The monoisotopic (exact) mass is 534 g/mol. The molecule has 0 saturated heterocycles. The van der Waals surface area contributed by atoms with E-state index in [1.807, 2.05) is 59.2 Å². The fraction of sp³-hybridized carbons (Fsp3) is 0.125. The van der Waals surface area contributed by atoms with Crippen molar-refractivity contribution in [1.29, 1.82) is 0 Å². The molecule has 37 heavy (non-hydrogen) atoms. The number of fused-ring (bicyclic) bond motifs is 1. The van der Waals surface area contributed by atoms with Gasteiger partial charge in [-0.15, -0.1) is 15.3 Å². The topological polar surface area (TPSA) is 137 Å². The van der Waals surface area contributed by atoms with E-state index in [-0.39, 0.29) is 16.6 Å². The minimum Gasteiger partial charge on any atom is -0.325 e. The summed E-state index contributed by atoms with van der Waals surface area (Å²) in [4.78, 5) is 12.8. The molecule has 13 heteroatoms. The average molecular weight is 535 g/mol. The number of carbonyl (C=O) groups is 1. The van der Waals surface area contributed by atoms with Gasteiger partial charge in [-0.1, -0.05) is 54.2 Å². The average Bonchev–Trinajstić information content (AvgIpc) is 3.52. The van der Waals surface area contributed by atoms with Crippen LogP contribution in [0.2, 0.25) is 0 Å². The molecule has 0 aliphatic heterocycles. The Kier molecular flexibility index (Phi) is 6.99. The van der Waals surface area contributed by atoms with Crippen LogP contribution in [-0.2, 0) is 14.8 Å². The molecule has 5 rings (SSSR count). The second-order valence-electron chi connectivity index (χ2n) is 7.81. The lowest BCUT2D eigenvalue weighted by molar-refractivity contribution is -0.113. The largest absolute Gasteiger partial charge is 0.325 e. The summed E-state index contributed by atoms with van der Waals surface area (Å²) in [6.45, 7) is 2.00. The van der Waals surface area contributed by atoms with Crippen molar-refractivity contribution in [3.8, 4) is 11.6 Å². The molecule has 2 heterocycles. The van der Waals surface area contributed by atoms with E-state index in [9.17, 15) is 13.2 Å². The Morgan fingerprint density at radius 1 is 0.919 bits per heavy atom. The van der Waals surface area contributed by atoms with E-state index < -0.39 is 10.0 Å². The van der Waals surface area contributed by atoms with Gasteiger partial charge in [-0.2, -0.15) is 4.68 Å². The molecule has 0 saturated carbocycles. The molecule has 0 atom stereocenters. The first-order chi connectivity index (χ1) is 18.0. The quantitative estimate of drug-likeness (QED) is 0.275. The predicted octanol–water partition coefficient (Wildman–Crippen LogP) is 3.03. The smallest absolute Gasteiger partial charge is 0.259 e. The zero-order valence-corrected chi connectivity index (χ0v) is 21.3. The van der Waals surface area contributed by atoms with E-state index in [0.29, 0.717) is 23.3 Å². The summed E-state index contributed by atoms with van der Waals surface area (Å²) in [6.07, 6.45) is 0. The summed E-state index contributed by atoms with van der Waals surface area (Å²) in [5.41, 5.74) is 2.80. The second-order valence-corrected chi connectivity index (χ2v) is 10.5. The lowest BCUT2D eigenvalue weighted by atomic mass is 10.3. The van der Waals surface area contributed by atoms with E-state index in [1.165, 1.54) is 23.9 Å². The van der Waals surface area contributed by atoms with Crippen molar-refractivity contribution in [1.82, 2.24) is 34.5 Å². The third kappa shape index (κ3) is 5.23. The van der Waals surface area contributed by atoms with Crippen LogP contribution >= 0.6 is 11.8 Å². The van der Waals surface area contributed by atoms with Gasteiger partial charge in [-0.3, -0.25) is 9.36 Å². The van der Waals surface area contributed by atoms with Crippen LogP contribution in [0.25, 0.3) is 22.7 Å². The zero-order chi connectivity index (χ0) is 25.8. The van der Waals surface area contributed by atoms with Crippen molar-refractivity contribution in [2.24, 2.45) is 0 Å². The Balaban J connectivity index is 1.36. The number of hydrogen-bond donors (Lipinski definition) is 2. The SMILES string of the molecule is CCNS(=O)(=O)c1ccc(NC(=O)CSc2nnc(-n3nnc4ccccc43)n2-c2ccccc2)cc1. The number of carbonyl (C=O) groups excluding carboxylic acids is 1. The van der Waals surface area contributed by atoms with Gasteiger partial charge in [-0.25, -0.2) is 13.1 Å². The summed E-state index contributed by atoms with van der Waals surface area (Å²) < 4.78 is 30.1. The number of benzene rings is 3. The summed E-state index contributed by atoms with van der Waals surface area (Å²) in [5, 5.41) is 20.4. The van der Waals surface area contributed by atoms with Crippen LogP contribution in [0.5, 0.6) is 0 Å². The Labute approximate surface area is 217 Å². The van der Waals surface area contributed by atoms with Gasteiger partial charge in [0.1, 0.15) is 5.52 Å². The Hall–Kier alpha value is -4.07. The van der Waals surface area contributed by atoms with Crippen molar-refractivity contribution < 1.29 is 13.2 Å². The molecule has 0 unspecified atom stereocenters. The molecular weight excluding hydrogens is 512 g/mol. The van der Waals surface area contributed by atoms with Crippen LogP contribution in [0, 0.1) is 0 Å². The molecule has 0 aliphatic carbocycles. The fourth-order valence-corrected chi connectivity index (χ4v) is 5.42. The zero-order valence-electron chi connectivity index (χ0n) is 19.6. The van der Waals surface area contributed by atoms with Crippen LogP contribution in [0.4, 0.5) is 5.69 Å². The molecule has 3 aromatic carbocycles. The molecule has 0 spiro atoms. The molecular formula is C24H22N8O3S2. The number of sulfonamides is 1. The van der Waals surface area contributed by atoms with Gasteiger partial charge in [0.25, 0.3) is 5.95 Å². The van der Waals surface area contributed by atoms with Gasteiger partial charge >= 0.3 is 0 Å². The third-order valence-electron chi connectivity index (χ3n) is 5.29. The van der Waals surface area contributed by atoms with Gasteiger partial charge in [0, 0.05) is 12.2 Å². The molecule has 0 bridgehead atoms. The van der Waals surface area contributed by atoms with Crippen molar-refractivity contribution >= 4 is 44.4 Å². The number of nitrogens with one attached hydrogen (secondary N) is 2. The Bertz CT molecular complexity index is 1650. The van der Waals surface area contributed by atoms with Gasteiger partial charge in [0.15, 0.2) is 5.16 Å². The summed E-state index contributed by atoms with van der Waals surface area (Å²) in [6, 6.07) is 23.1. The third-order valence-corrected chi connectivity index (χ3v) is 7.78. The summed E-state index contributed by atoms with van der Waals surface area (Å²) in [5.74, 6) is 0.225. The molecule has 2 aromatic heterocycles. The first-order valence-electron chi connectivity index (χ1n) is 11.3. The van der Waals surface area contributed by atoms with Crippen molar-refractivity contribution in [3.63, 3.8) is 0 Å². The molecule has 0 aliphatic rings. The second kappa shape index (κ2) is 10.5. The highest BCUT2D eigenvalue weighted by Crippen LogP contribution is 2.25. The van der Waals surface area contributed by atoms with Crippen LogP contribution in [0.1, 0.15) is 6.92 Å². The van der Waals surface area contributed by atoms with Gasteiger partial charge in [-0.05, 0) is 48.5 Å². The van der Waals surface area contributed by atoms with Gasteiger partial charge in [0.05, 0.1) is 21.9 Å². The maximum Gasteiger partial charge on any atom is 0.259 e. The van der Waals surface area contributed by atoms with E-state index in [4.69, 9.17) is 0 Å². The first-order valence-corrected chi connectivity index (χ1v) is 13.8. The predicted molar refractivity (Wildman–Crippen MR) is 140 cm³/mol. The number of anilines is 1. The highest BCUT2D eigenvalue weighted by atomic mass is 32.2. The van der Waals surface area contributed by atoms with E-state index in [0.717, 1.165) is 16.7 Å². The van der Waals surface area contributed by atoms with Gasteiger partial charge in [0.2, 0.25) is 15.9 Å². The Morgan fingerprint density at radius 2 is 1.65 bits per heavy atom. The normalized spacial score (nSPS) is 11.6. The van der Waals surface area contributed by atoms with E-state index in [1.54, 1.807) is 23.7 Å². The molecule has 188 valence electrons. The first kappa shape index (κ1) is 24.6. The highest BCUT2D eigenvalue weighted by molar-refractivity contribution is 7.99. The molecule has 2 N–H and O–H groups in total. The highest BCUT2D eigenvalue weighted by Gasteiger charge is 2.20. The molecule has 5 aromatic rings. The molecule has 0 radical (unpaired) electrons. The lowest BCUT2D eigenvalue weighted by Gasteiger charge is -2.10. The van der Waals surface area contributed by atoms with Crippen LogP contribution in [0.3, 0.4) is 0 Å². The maximum atomic E-state index is 12.7. The minimum absolute atomic E-state index is 0.0561. The molecule has 1 amide bonds. The lowest BCUT2D eigenvalue weighted by Crippen LogP contribution is -2.23. The van der Waals surface area contributed by atoms with Crippen molar-refractivity contribution in [2.45, 2.75) is 17.0 Å². The van der Waals surface area contributed by atoms with Gasteiger partial charge < -0.3 is 5.32 Å². The van der Waals surface area contributed by atoms with Crippen LogP contribution < -0.4 is 10.0 Å². The number of hydrogen-bond acceptors (Lipinski definition) is 8. The number of aromatic nitrogens is 6. The Morgan fingerprint density at radius 3 is 2.41 bits per heavy atom. The maximum absolute atomic E-state index is 12.7. The summed E-state index contributed by atoms with van der Waals surface area (Å²) in [7, 11) is -3.56. The summed E-state index contributed by atoms with van der Waals surface area (Å²) >= 11 is 1.22. The number of rotatable bonds is 9. The standard InChI is InChI=1S/C24H22N8O3S2/c1-2-25-37(34,35)19-14-12-17(13-15-19)26-22(33)16-36-24-29-28-23(31(24)18-8-4-3-5-9-18)32-21-11-7-6-10-20(21)27-30-32/h3-15,25H,2,16H2,1H3,(H,26,33). The van der Waals surface area contributed by atoms with Crippen LogP contribution in [0.15, 0.2) is 88.9 Å². The number of thioether (sulfide) groups is 1. The number of amides is 1. The van der Waals surface area contributed by atoms with E-state index in [2.05, 4.69) is 30.5 Å². The molecule has 11 nitrogen and oxygen atoms in total. The fourth-order valence-electron chi connectivity index (χ4n) is 3.63. The van der Waals surface area contributed by atoms with E-state index >= 15 is 0 Å². The van der Waals surface area contributed by atoms with Crippen LogP contribution in [-0.4, -0.2) is 56.4 Å². The van der Waals surface area contributed by atoms with Crippen molar-refractivity contribution in [2.75, 3.05) is 17.6 Å². The minimum atomic E-state index is -3.56. The molecule has 0 fully saturated rings. The number of nitrogens with zero attached hydrogens (tertiary/aromatic N) is 6. The van der Waals surface area contributed by atoms with Crippen molar-refractivity contribution in [3.05, 3.63) is 78.9 Å².